The Hall–Kier alpha value is -4.29. The van der Waals surface area contributed by atoms with Gasteiger partial charge in [-0.2, -0.15) is 0 Å². The molecule has 4 heterocycles. The van der Waals surface area contributed by atoms with E-state index < -0.39 is 17.3 Å². The van der Waals surface area contributed by atoms with Crippen molar-refractivity contribution in [1.29, 1.82) is 0 Å². The second kappa shape index (κ2) is 15.3. The molecule has 11 nitrogen and oxygen atoms in total. The van der Waals surface area contributed by atoms with Crippen molar-refractivity contribution in [1.82, 2.24) is 20.2 Å². The molecule has 0 spiro atoms. The Balaban J connectivity index is 1.60. The van der Waals surface area contributed by atoms with Gasteiger partial charge in [-0.25, -0.2) is 9.37 Å². The highest BCUT2D eigenvalue weighted by Gasteiger charge is 2.30. The molecule has 2 fully saturated rings. The number of aromatic amines is 1. The van der Waals surface area contributed by atoms with Crippen LogP contribution in [-0.4, -0.2) is 86.3 Å². The Morgan fingerprint density at radius 3 is 2.52 bits per heavy atom. The van der Waals surface area contributed by atoms with Crippen molar-refractivity contribution in [3.05, 3.63) is 68.5 Å². The Bertz CT molecular complexity index is 1680. The fourth-order valence-electron chi connectivity index (χ4n) is 6.87. The molecule has 2 aliphatic heterocycles. The third-order valence-electron chi connectivity index (χ3n) is 9.53. The highest BCUT2D eigenvalue weighted by atomic mass is 19.1. The number of rotatable bonds is 11. The number of amides is 1. The van der Waals surface area contributed by atoms with Gasteiger partial charge in [-0.05, 0) is 70.3 Å². The highest BCUT2D eigenvalue weighted by molar-refractivity contribution is 6.01. The molecule has 1 amide bonds. The number of ether oxygens (including phenoxy) is 2. The fourth-order valence-corrected chi connectivity index (χ4v) is 6.87. The van der Waals surface area contributed by atoms with E-state index in [1.54, 1.807) is 12.3 Å². The monoisotopic (exact) mass is 662 g/mol. The van der Waals surface area contributed by atoms with E-state index in [1.165, 1.54) is 6.92 Å². The van der Waals surface area contributed by atoms with E-state index in [0.717, 1.165) is 44.8 Å². The van der Waals surface area contributed by atoms with Crippen LogP contribution in [0, 0.1) is 19.7 Å². The quantitative estimate of drug-likeness (QED) is 0.285. The van der Waals surface area contributed by atoms with Crippen molar-refractivity contribution in [2.24, 2.45) is 0 Å². The SMILES string of the molecule is CCN(c1c(C)c(C(=O)NCc2c(C(C)C)c(F)c(C)[nH]c2=O)cc(-c2ccc(N3CCN(C)CC3)nc2)c1OC=O)C1CCOCC1. The lowest BCUT2D eigenvalue weighted by atomic mass is 9.94. The number of piperazine rings is 1. The lowest BCUT2D eigenvalue weighted by Gasteiger charge is -2.37. The van der Waals surface area contributed by atoms with Crippen molar-refractivity contribution >= 4 is 23.9 Å². The number of anilines is 2. The third-order valence-corrected chi connectivity index (χ3v) is 9.53. The molecular formula is C36H47FN6O5. The number of hydrogen-bond acceptors (Lipinski definition) is 9. The zero-order valence-corrected chi connectivity index (χ0v) is 28.8. The van der Waals surface area contributed by atoms with Crippen molar-refractivity contribution in [3.8, 4) is 16.9 Å². The van der Waals surface area contributed by atoms with Gasteiger partial charge in [-0.15, -0.1) is 0 Å². The first-order valence-electron chi connectivity index (χ1n) is 16.8. The summed E-state index contributed by atoms with van der Waals surface area (Å²) in [5.41, 5.74) is 3.03. The van der Waals surface area contributed by atoms with E-state index >= 15 is 4.39 Å². The van der Waals surface area contributed by atoms with Crippen molar-refractivity contribution in [3.63, 3.8) is 0 Å². The van der Waals surface area contributed by atoms with Crippen LogP contribution in [0.1, 0.15) is 72.3 Å². The average Bonchev–Trinajstić information content (AvgIpc) is 3.08. The van der Waals surface area contributed by atoms with Gasteiger partial charge >= 0.3 is 0 Å². The predicted molar refractivity (Wildman–Crippen MR) is 185 cm³/mol. The Labute approximate surface area is 281 Å². The number of hydrogen-bond donors (Lipinski definition) is 2. The molecule has 0 saturated carbocycles. The topological polar surface area (TPSA) is 120 Å². The second-order valence-electron chi connectivity index (χ2n) is 12.9. The molecule has 0 aliphatic carbocycles. The van der Waals surface area contributed by atoms with Crippen LogP contribution in [0.2, 0.25) is 0 Å². The molecule has 0 atom stereocenters. The first-order valence-corrected chi connectivity index (χ1v) is 16.8. The summed E-state index contributed by atoms with van der Waals surface area (Å²) in [5, 5.41) is 2.89. The number of carbonyl (C=O) groups is 2. The van der Waals surface area contributed by atoms with E-state index in [0.29, 0.717) is 59.9 Å². The van der Waals surface area contributed by atoms with E-state index in [2.05, 4.69) is 32.0 Å². The Morgan fingerprint density at radius 1 is 1.21 bits per heavy atom. The van der Waals surface area contributed by atoms with Crippen LogP contribution in [-0.2, 0) is 16.1 Å². The van der Waals surface area contributed by atoms with Gasteiger partial charge < -0.3 is 34.5 Å². The Kier molecular flexibility index (Phi) is 11.2. The molecule has 48 heavy (non-hydrogen) atoms. The largest absolute Gasteiger partial charge is 0.426 e. The second-order valence-corrected chi connectivity index (χ2v) is 12.9. The van der Waals surface area contributed by atoms with E-state index in [9.17, 15) is 14.4 Å². The molecule has 2 saturated heterocycles. The van der Waals surface area contributed by atoms with Gasteiger partial charge in [-0.3, -0.25) is 14.4 Å². The van der Waals surface area contributed by atoms with Crippen molar-refractivity contribution in [2.45, 2.75) is 66.0 Å². The third kappa shape index (κ3) is 7.24. The minimum Gasteiger partial charge on any atom is -0.426 e. The first-order chi connectivity index (χ1) is 23.0. The van der Waals surface area contributed by atoms with Crippen LogP contribution in [0.15, 0.2) is 29.2 Å². The van der Waals surface area contributed by atoms with Crippen LogP contribution < -0.4 is 25.4 Å². The van der Waals surface area contributed by atoms with Crippen molar-refractivity contribution < 1.29 is 23.5 Å². The maximum absolute atomic E-state index is 15.1. The molecule has 3 aromatic rings. The van der Waals surface area contributed by atoms with Gasteiger partial charge in [0.25, 0.3) is 17.9 Å². The number of nitrogens with one attached hydrogen (secondary N) is 2. The molecule has 258 valence electrons. The van der Waals surface area contributed by atoms with E-state index in [1.807, 2.05) is 39.8 Å². The fraction of sp³-hybridized carbons (Fsp3) is 0.500. The predicted octanol–water partition coefficient (Wildman–Crippen LogP) is 4.54. The summed E-state index contributed by atoms with van der Waals surface area (Å²) in [6, 6.07) is 5.69. The number of likely N-dealkylation sites (N-methyl/N-ethyl adjacent to an activating group) is 1. The average molecular weight is 663 g/mol. The summed E-state index contributed by atoms with van der Waals surface area (Å²) in [5.74, 6) is 0.0152. The number of H-pyrrole nitrogens is 1. The number of pyridine rings is 2. The number of nitrogens with zero attached hydrogens (tertiary/aromatic N) is 4. The number of aryl methyl sites for hydroxylation is 1. The maximum atomic E-state index is 15.1. The number of carbonyl (C=O) groups excluding carboxylic acids is 2. The van der Waals surface area contributed by atoms with Gasteiger partial charge in [0.1, 0.15) is 11.6 Å². The molecule has 2 N–H and O–H groups in total. The van der Waals surface area contributed by atoms with E-state index in [4.69, 9.17) is 14.5 Å². The molecule has 2 aliphatic rings. The van der Waals surface area contributed by atoms with Crippen LogP contribution >= 0.6 is 0 Å². The summed E-state index contributed by atoms with van der Waals surface area (Å²) < 4.78 is 26.5. The molecule has 1 aromatic carbocycles. The van der Waals surface area contributed by atoms with Crippen LogP contribution in [0.4, 0.5) is 15.9 Å². The van der Waals surface area contributed by atoms with Gasteiger partial charge in [0, 0.05) is 92.5 Å². The zero-order valence-electron chi connectivity index (χ0n) is 28.8. The summed E-state index contributed by atoms with van der Waals surface area (Å²) >= 11 is 0. The molecule has 2 aromatic heterocycles. The summed E-state index contributed by atoms with van der Waals surface area (Å²) in [7, 11) is 2.10. The smallest absolute Gasteiger partial charge is 0.298 e. The lowest BCUT2D eigenvalue weighted by Crippen LogP contribution is -2.44. The lowest BCUT2D eigenvalue weighted by molar-refractivity contribution is -0.120. The molecule has 0 bridgehead atoms. The summed E-state index contributed by atoms with van der Waals surface area (Å²) in [6.45, 7) is 14.7. The standard InChI is InChI=1S/C36H47FN6O5/c1-7-43(26-10-16-47-17-11-26)33-23(4)27(35(45)39-20-29-31(22(2)3)32(37)24(5)40-36(29)46)18-28(34(33)48-21-44)25-8-9-30(38-19-25)42-14-12-41(6)13-15-42/h8-9,18-19,21-22,26H,7,10-17,20H2,1-6H3,(H,39,45)(H,40,46). The zero-order chi connectivity index (χ0) is 34.5. The molecule has 0 unspecified atom stereocenters. The number of benzene rings is 1. The Morgan fingerprint density at radius 2 is 1.92 bits per heavy atom. The first kappa shape index (κ1) is 35.0. The van der Waals surface area contributed by atoms with Crippen LogP contribution in [0.5, 0.6) is 5.75 Å². The van der Waals surface area contributed by atoms with Gasteiger partial charge in [0.05, 0.1) is 11.4 Å². The van der Waals surface area contributed by atoms with Gasteiger partial charge in [0.2, 0.25) is 0 Å². The highest BCUT2D eigenvalue weighted by Crippen LogP contribution is 2.44. The molecular weight excluding hydrogens is 615 g/mol. The molecule has 5 rings (SSSR count). The molecule has 0 radical (unpaired) electrons. The van der Waals surface area contributed by atoms with Gasteiger partial charge in [-0.1, -0.05) is 13.8 Å². The van der Waals surface area contributed by atoms with Crippen LogP contribution in [0.25, 0.3) is 11.1 Å². The summed E-state index contributed by atoms with van der Waals surface area (Å²) in [6.07, 6.45) is 3.30. The molecule has 12 heteroatoms. The van der Waals surface area contributed by atoms with E-state index in [-0.39, 0.29) is 35.3 Å². The number of halogens is 1. The maximum Gasteiger partial charge on any atom is 0.298 e. The van der Waals surface area contributed by atoms with Crippen molar-refractivity contribution in [2.75, 3.05) is 62.8 Å². The minimum absolute atomic E-state index is 0.100. The van der Waals surface area contributed by atoms with Crippen LogP contribution in [0.3, 0.4) is 0 Å². The number of aromatic nitrogens is 2. The normalized spacial score (nSPS) is 15.9. The van der Waals surface area contributed by atoms with Gasteiger partial charge in [0.15, 0.2) is 5.75 Å². The minimum atomic E-state index is -0.479. The summed E-state index contributed by atoms with van der Waals surface area (Å²) in [4.78, 5) is 53.1.